The Bertz CT molecular complexity index is 601. The molecule has 0 radical (unpaired) electrons. The van der Waals surface area contributed by atoms with Gasteiger partial charge in [-0.2, -0.15) is 4.98 Å². The van der Waals surface area contributed by atoms with Crippen molar-refractivity contribution < 1.29 is 9.66 Å². The van der Waals surface area contributed by atoms with Crippen molar-refractivity contribution in [3.8, 4) is 11.6 Å². The molecule has 0 saturated carbocycles. The minimum atomic E-state index is -0.512. The third kappa shape index (κ3) is 2.51. The average molecular weight is 246 g/mol. The minimum Gasteiger partial charge on any atom is -0.430 e. The normalized spacial score (nSPS) is 10.1. The van der Waals surface area contributed by atoms with Crippen LogP contribution in [-0.4, -0.2) is 14.9 Å². The number of nitro groups is 1. The van der Waals surface area contributed by atoms with E-state index in [1.165, 1.54) is 24.5 Å². The van der Waals surface area contributed by atoms with E-state index in [1.54, 1.807) is 13.0 Å². The number of rotatable bonds is 3. The van der Waals surface area contributed by atoms with Gasteiger partial charge in [0.25, 0.3) is 0 Å². The van der Waals surface area contributed by atoms with Gasteiger partial charge in [0, 0.05) is 6.07 Å². The monoisotopic (exact) mass is 246 g/mol. The molecule has 2 rings (SSSR count). The summed E-state index contributed by atoms with van der Waals surface area (Å²) in [6.07, 6.45) is 2.69. The molecule has 0 spiro atoms. The van der Waals surface area contributed by atoms with E-state index in [1.807, 2.05) is 0 Å². The summed E-state index contributed by atoms with van der Waals surface area (Å²) >= 11 is 0. The summed E-state index contributed by atoms with van der Waals surface area (Å²) < 4.78 is 5.31. The van der Waals surface area contributed by atoms with E-state index in [0.717, 1.165) is 5.56 Å². The molecule has 0 atom stereocenters. The van der Waals surface area contributed by atoms with Gasteiger partial charge in [-0.3, -0.25) is 15.1 Å². The highest BCUT2D eigenvalue weighted by atomic mass is 16.6. The lowest BCUT2D eigenvalue weighted by Gasteiger charge is -2.05. The minimum absolute atomic E-state index is 0.102. The maximum atomic E-state index is 10.9. The number of aromatic nitrogens is 2. The second-order valence-electron chi connectivity index (χ2n) is 3.61. The second kappa shape index (κ2) is 4.66. The number of nitrogens with two attached hydrogens (primary N) is 1. The summed E-state index contributed by atoms with van der Waals surface area (Å²) in [5.41, 5.74) is 6.09. The summed E-state index contributed by atoms with van der Waals surface area (Å²) in [5.74, 6) is 0.398. The van der Waals surface area contributed by atoms with Crippen molar-refractivity contribution in [1.29, 1.82) is 0 Å². The lowest BCUT2D eigenvalue weighted by Crippen LogP contribution is -1.97. The van der Waals surface area contributed by atoms with Gasteiger partial charge in [-0.15, -0.1) is 0 Å². The number of aryl methyl sites for hydroxylation is 1. The third-order valence-corrected chi connectivity index (χ3v) is 2.16. The molecule has 0 aliphatic rings. The molecule has 0 aliphatic carbocycles. The van der Waals surface area contributed by atoms with Gasteiger partial charge in [-0.05, 0) is 18.6 Å². The predicted molar refractivity (Wildman–Crippen MR) is 64.4 cm³/mol. The quantitative estimate of drug-likeness (QED) is 0.656. The van der Waals surface area contributed by atoms with E-state index in [-0.39, 0.29) is 23.1 Å². The SMILES string of the molecule is Cc1ccc(Oc2cncc(N)n2)c([N+](=O)[O-])c1. The molecule has 2 aromatic rings. The fourth-order valence-corrected chi connectivity index (χ4v) is 1.38. The van der Waals surface area contributed by atoms with Crippen molar-refractivity contribution in [3.63, 3.8) is 0 Å². The van der Waals surface area contributed by atoms with Crippen molar-refractivity contribution >= 4 is 11.5 Å². The Balaban J connectivity index is 2.37. The number of hydrogen-bond acceptors (Lipinski definition) is 6. The van der Waals surface area contributed by atoms with Crippen molar-refractivity contribution in [3.05, 3.63) is 46.3 Å². The first-order chi connectivity index (χ1) is 8.56. The summed E-state index contributed by atoms with van der Waals surface area (Å²) in [6.45, 7) is 1.76. The third-order valence-electron chi connectivity index (χ3n) is 2.16. The van der Waals surface area contributed by atoms with Gasteiger partial charge in [0.05, 0.1) is 17.3 Å². The van der Waals surface area contributed by atoms with Crippen molar-refractivity contribution in [2.24, 2.45) is 0 Å². The van der Waals surface area contributed by atoms with Crippen LogP contribution >= 0.6 is 0 Å². The fourth-order valence-electron chi connectivity index (χ4n) is 1.38. The number of hydrogen-bond donors (Lipinski definition) is 1. The van der Waals surface area contributed by atoms with Crippen molar-refractivity contribution in [2.75, 3.05) is 5.73 Å². The van der Waals surface area contributed by atoms with Crippen molar-refractivity contribution in [1.82, 2.24) is 9.97 Å². The van der Waals surface area contributed by atoms with E-state index in [2.05, 4.69) is 9.97 Å². The molecule has 18 heavy (non-hydrogen) atoms. The molecule has 7 nitrogen and oxygen atoms in total. The molecular formula is C11H10N4O3. The number of nitrogen functional groups attached to an aromatic ring is 1. The van der Waals surface area contributed by atoms with Crippen LogP contribution in [0.5, 0.6) is 11.6 Å². The van der Waals surface area contributed by atoms with Gasteiger partial charge in [0.2, 0.25) is 11.6 Å². The molecular weight excluding hydrogens is 236 g/mol. The van der Waals surface area contributed by atoms with Gasteiger partial charge in [-0.1, -0.05) is 6.07 Å². The van der Waals surface area contributed by atoms with Crippen LogP contribution in [0.4, 0.5) is 11.5 Å². The lowest BCUT2D eigenvalue weighted by atomic mass is 10.2. The fraction of sp³-hybridized carbons (Fsp3) is 0.0909. The molecule has 7 heteroatoms. The molecule has 0 fully saturated rings. The van der Waals surface area contributed by atoms with E-state index >= 15 is 0 Å². The first kappa shape index (κ1) is 11.8. The zero-order chi connectivity index (χ0) is 13.1. The van der Waals surface area contributed by atoms with Crippen LogP contribution in [0, 0.1) is 17.0 Å². The van der Waals surface area contributed by atoms with Crippen molar-refractivity contribution in [2.45, 2.75) is 6.92 Å². The second-order valence-corrected chi connectivity index (χ2v) is 3.61. The number of nitro benzene ring substituents is 1. The van der Waals surface area contributed by atoms with E-state index in [9.17, 15) is 10.1 Å². The number of nitrogens with zero attached hydrogens (tertiary/aromatic N) is 3. The van der Waals surface area contributed by atoms with E-state index in [4.69, 9.17) is 10.5 Å². The Morgan fingerprint density at radius 3 is 2.83 bits per heavy atom. The summed E-state index contributed by atoms with van der Waals surface area (Å²) in [7, 11) is 0. The van der Waals surface area contributed by atoms with Crippen LogP contribution in [0.2, 0.25) is 0 Å². The Kier molecular flexibility index (Phi) is 3.05. The molecule has 0 amide bonds. The van der Waals surface area contributed by atoms with Crippen LogP contribution in [-0.2, 0) is 0 Å². The molecule has 0 saturated heterocycles. The molecule has 92 valence electrons. The molecule has 1 aromatic carbocycles. The van der Waals surface area contributed by atoms with Gasteiger partial charge < -0.3 is 10.5 Å². The van der Waals surface area contributed by atoms with Crippen LogP contribution < -0.4 is 10.5 Å². The van der Waals surface area contributed by atoms with E-state index in [0.29, 0.717) is 0 Å². The molecule has 1 heterocycles. The van der Waals surface area contributed by atoms with Gasteiger partial charge >= 0.3 is 5.69 Å². The zero-order valence-corrected chi connectivity index (χ0v) is 9.53. The summed E-state index contributed by atoms with van der Waals surface area (Å²) in [6, 6.07) is 4.65. The summed E-state index contributed by atoms with van der Waals surface area (Å²) in [4.78, 5) is 18.0. The molecule has 0 bridgehead atoms. The Labute approximate surface area is 102 Å². The van der Waals surface area contributed by atoms with E-state index < -0.39 is 4.92 Å². The predicted octanol–water partition coefficient (Wildman–Crippen LogP) is 2.07. The van der Waals surface area contributed by atoms with Gasteiger partial charge in [-0.25, -0.2) is 0 Å². The van der Waals surface area contributed by atoms with Crippen LogP contribution in [0.3, 0.4) is 0 Å². The Morgan fingerprint density at radius 2 is 2.17 bits per heavy atom. The largest absolute Gasteiger partial charge is 0.430 e. The molecule has 0 aliphatic heterocycles. The number of ether oxygens (including phenoxy) is 1. The van der Waals surface area contributed by atoms with Gasteiger partial charge in [0.1, 0.15) is 5.82 Å². The standard InChI is InChI=1S/C11H10N4O3/c1-7-2-3-9(8(4-7)15(16)17)18-11-6-13-5-10(12)14-11/h2-6H,1H3,(H2,12,14). The molecule has 1 aromatic heterocycles. The van der Waals surface area contributed by atoms with Crippen LogP contribution in [0.1, 0.15) is 5.56 Å². The topological polar surface area (TPSA) is 104 Å². The smallest absolute Gasteiger partial charge is 0.311 e. The Hall–Kier alpha value is -2.70. The van der Waals surface area contributed by atoms with Gasteiger partial charge in [0.15, 0.2) is 0 Å². The highest BCUT2D eigenvalue weighted by Gasteiger charge is 2.16. The average Bonchev–Trinajstić information content (AvgIpc) is 2.31. The lowest BCUT2D eigenvalue weighted by molar-refractivity contribution is -0.385. The summed E-state index contributed by atoms with van der Waals surface area (Å²) in [5, 5.41) is 10.9. The zero-order valence-electron chi connectivity index (χ0n) is 9.53. The van der Waals surface area contributed by atoms with Crippen LogP contribution in [0.25, 0.3) is 0 Å². The maximum Gasteiger partial charge on any atom is 0.311 e. The highest BCUT2D eigenvalue weighted by Crippen LogP contribution is 2.31. The highest BCUT2D eigenvalue weighted by molar-refractivity contribution is 5.49. The first-order valence-corrected chi connectivity index (χ1v) is 5.06. The maximum absolute atomic E-state index is 10.9. The Morgan fingerprint density at radius 1 is 1.39 bits per heavy atom. The van der Waals surface area contributed by atoms with Crippen LogP contribution in [0.15, 0.2) is 30.6 Å². The molecule has 0 unspecified atom stereocenters. The number of benzene rings is 1. The first-order valence-electron chi connectivity index (χ1n) is 5.06. The molecule has 2 N–H and O–H groups in total. The number of anilines is 1.